The van der Waals surface area contributed by atoms with E-state index < -0.39 is 11.8 Å². The number of nitrogens with zero attached hydrogens (tertiary/aromatic N) is 1. The lowest BCUT2D eigenvalue weighted by molar-refractivity contribution is -0.126. The molecule has 3 aromatic carbocycles. The Morgan fingerprint density at radius 1 is 1.00 bits per heavy atom. The zero-order valence-electron chi connectivity index (χ0n) is 23.0. The van der Waals surface area contributed by atoms with E-state index in [4.69, 9.17) is 0 Å². The summed E-state index contributed by atoms with van der Waals surface area (Å²) in [7, 11) is 2.12. The molecule has 40 heavy (non-hydrogen) atoms. The monoisotopic (exact) mass is 540 g/mol. The molecule has 1 aliphatic rings. The van der Waals surface area contributed by atoms with Gasteiger partial charge in [0.1, 0.15) is 6.29 Å². The highest BCUT2D eigenvalue weighted by molar-refractivity contribution is 5.97. The summed E-state index contributed by atoms with van der Waals surface area (Å²) >= 11 is 0. The van der Waals surface area contributed by atoms with Crippen LogP contribution in [0.1, 0.15) is 65.2 Å². The van der Waals surface area contributed by atoms with Gasteiger partial charge in [0.05, 0.1) is 6.04 Å². The number of aryl methyl sites for hydroxylation is 1. The first-order chi connectivity index (χ1) is 19.4. The number of hydrogen-bond donors (Lipinski definition) is 3. The van der Waals surface area contributed by atoms with Gasteiger partial charge in [-0.05, 0) is 91.8 Å². The Balaban J connectivity index is 1.52. The molecule has 3 amide bonds. The number of amides is 3. The van der Waals surface area contributed by atoms with E-state index in [1.54, 1.807) is 0 Å². The standard InChI is InChI=1S/C32H36N4O4/c1-22(27-10-5-8-24-7-3-4-9-28(24)27)33-32(40)29-21-26(23-16-18-36(2)19-17-23)13-12-25(29)14-15-31(39)35-34-30(38)11-6-20-37/h3-13,20-23H,14-19H2,1-2H3,(H,33,40)(H,34,38)(H,35,39)/b11-6+. The largest absolute Gasteiger partial charge is 0.345 e. The SMILES string of the molecule is CC(NC(=O)c1cc(C2CCN(C)CC2)ccc1CCC(=O)NNC(=O)/C=C/C=O)c1cccc2ccccc12. The van der Waals surface area contributed by atoms with Gasteiger partial charge in [-0.1, -0.05) is 54.6 Å². The normalized spacial score (nSPS) is 15.1. The minimum atomic E-state index is -0.606. The van der Waals surface area contributed by atoms with Crippen LogP contribution in [-0.2, 0) is 20.8 Å². The number of hydrogen-bond acceptors (Lipinski definition) is 5. The van der Waals surface area contributed by atoms with Crippen LogP contribution in [0.5, 0.6) is 0 Å². The van der Waals surface area contributed by atoms with Crippen molar-refractivity contribution in [3.63, 3.8) is 0 Å². The lowest BCUT2D eigenvalue weighted by atomic mass is 9.87. The second kappa shape index (κ2) is 13.7. The van der Waals surface area contributed by atoms with Crippen LogP contribution in [0.3, 0.4) is 0 Å². The van der Waals surface area contributed by atoms with Crippen LogP contribution in [0.2, 0.25) is 0 Å². The highest BCUT2D eigenvalue weighted by Gasteiger charge is 2.22. The molecule has 1 atom stereocenters. The lowest BCUT2D eigenvalue weighted by Gasteiger charge is -2.29. The molecule has 1 fully saturated rings. The summed E-state index contributed by atoms with van der Waals surface area (Å²) in [4.78, 5) is 50.4. The van der Waals surface area contributed by atoms with Crippen LogP contribution in [-0.4, -0.2) is 49.0 Å². The molecule has 0 aromatic heterocycles. The van der Waals surface area contributed by atoms with Gasteiger partial charge < -0.3 is 10.2 Å². The fourth-order valence-corrected chi connectivity index (χ4v) is 5.21. The van der Waals surface area contributed by atoms with Gasteiger partial charge in [0, 0.05) is 18.1 Å². The van der Waals surface area contributed by atoms with Gasteiger partial charge >= 0.3 is 0 Å². The molecule has 0 bridgehead atoms. The first-order valence-corrected chi connectivity index (χ1v) is 13.7. The number of allylic oxidation sites excluding steroid dienone is 1. The predicted octanol–water partition coefficient (Wildman–Crippen LogP) is 3.98. The fourth-order valence-electron chi connectivity index (χ4n) is 5.21. The number of rotatable bonds is 9. The zero-order valence-corrected chi connectivity index (χ0v) is 23.0. The van der Waals surface area contributed by atoms with Crippen molar-refractivity contribution in [3.8, 4) is 0 Å². The summed E-state index contributed by atoms with van der Waals surface area (Å²) < 4.78 is 0. The second-order valence-electron chi connectivity index (χ2n) is 10.3. The van der Waals surface area contributed by atoms with Crippen molar-refractivity contribution in [3.05, 3.63) is 95.1 Å². The van der Waals surface area contributed by atoms with Crippen LogP contribution >= 0.6 is 0 Å². The maximum Gasteiger partial charge on any atom is 0.262 e. The first kappa shape index (κ1) is 28.7. The molecule has 8 heteroatoms. The Hall–Kier alpha value is -4.30. The molecule has 4 rings (SSSR count). The topological polar surface area (TPSA) is 108 Å². The summed E-state index contributed by atoms with van der Waals surface area (Å²) in [5.41, 5.74) is 8.08. The summed E-state index contributed by atoms with van der Waals surface area (Å²) in [5.74, 6) is -0.809. The lowest BCUT2D eigenvalue weighted by Crippen LogP contribution is -2.40. The minimum Gasteiger partial charge on any atom is -0.345 e. The van der Waals surface area contributed by atoms with Crippen LogP contribution in [0.25, 0.3) is 10.8 Å². The van der Waals surface area contributed by atoms with E-state index >= 15 is 0 Å². The number of hydrazine groups is 1. The molecule has 1 unspecified atom stereocenters. The van der Waals surface area contributed by atoms with Crippen molar-refractivity contribution in [2.45, 2.75) is 44.6 Å². The Labute approximate surface area is 234 Å². The van der Waals surface area contributed by atoms with Gasteiger partial charge in [-0.15, -0.1) is 0 Å². The predicted molar refractivity (Wildman–Crippen MR) is 156 cm³/mol. The maximum absolute atomic E-state index is 13.7. The summed E-state index contributed by atoms with van der Waals surface area (Å²) in [6.45, 7) is 4.01. The fraction of sp³-hybridized carbons (Fsp3) is 0.312. The van der Waals surface area contributed by atoms with Crippen molar-refractivity contribution in [1.29, 1.82) is 0 Å². The highest BCUT2D eigenvalue weighted by Crippen LogP contribution is 2.30. The number of piperidine rings is 1. The summed E-state index contributed by atoms with van der Waals surface area (Å²) in [5, 5.41) is 5.40. The average Bonchev–Trinajstić information content (AvgIpc) is 2.97. The molecule has 1 aliphatic heterocycles. The van der Waals surface area contributed by atoms with Crippen LogP contribution in [0.15, 0.2) is 72.8 Å². The molecule has 1 heterocycles. The van der Waals surface area contributed by atoms with Gasteiger partial charge in [0.2, 0.25) is 5.91 Å². The van der Waals surface area contributed by atoms with E-state index in [-0.39, 0.29) is 18.4 Å². The minimum absolute atomic E-state index is 0.0738. The number of benzene rings is 3. The number of likely N-dealkylation sites (tertiary alicyclic amines) is 1. The number of nitrogens with one attached hydrogen (secondary N) is 3. The van der Waals surface area contributed by atoms with Gasteiger partial charge in [-0.3, -0.25) is 30.0 Å². The molecule has 8 nitrogen and oxygen atoms in total. The van der Waals surface area contributed by atoms with E-state index in [0.717, 1.165) is 65.5 Å². The number of aldehydes is 1. The van der Waals surface area contributed by atoms with Gasteiger partial charge in [0.15, 0.2) is 0 Å². The molecule has 0 radical (unpaired) electrons. The van der Waals surface area contributed by atoms with Crippen LogP contribution < -0.4 is 16.2 Å². The van der Waals surface area contributed by atoms with Gasteiger partial charge in [-0.25, -0.2) is 0 Å². The second-order valence-corrected chi connectivity index (χ2v) is 10.3. The van der Waals surface area contributed by atoms with Crippen molar-refractivity contribution in [1.82, 2.24) is 21.1 Å². The first-order valence-electron chi connectivity index (χ1n) is 13.7. The van der Waals surface area contributed by atoms with Crippen molar-refractivity contribution in [2.75, 3.05) is 20.1 Å². The van der Waals surface area contributed by atoms with E-state index in [9.17, 15) is 19.2 Å². The number of carbonyl (C=O) groups is 4. The quantitative estimate of drug-likeness (QED) is 0.216. The van der Waals surface area contributed by atoms with Crippen LogP contribution in [0.4, 0.5) is 0 Å². The van der Waals surface area contributed by atoms with Gasteiger partial charge in [-0.2, -0.15) is 0 Å². The smallest absolute Gasteiger partial charge is 0.262 e. The van der Waals surface area contributed by atoms with Crippen molar-refractivity contribution >= 4 is 34.8 Å². The van der Waals surface area contributed by atoms with E-state index in [1.165, 1.54) is 0 Å². The van der Waals surface area contributed by atoms with Crippen molar-refractivity contribution < 1.29 is 19.2 Å². The van der Waals surface area contributed by atoms with E-state index in [2.05, 4.69) is 52.4 Å². The third-order valence-corrected chi connectivity index (χ3v) is 7.48. The molecule has 208 valence electrons. The third kappa shape index (κ3) is 7.42. The highest BCUT2D eigenvalue weighted by atomic mass is 16.2. The zero-order chi connectivity index (χ0) is 28.5. The third-order valence-electron chi connectivity index (χ3n) is 7.48. The number of fused-ring (bicyclic) bond motifs is 1. The van der Waals surface area contributed by atoms with Crippen LogP contribution in [0, 0.1) is 0 Å². The maximum atomic E-state index is 13.7. The molecular weight excluding hydrogens is 504 g/mol. The number of carbonyl (C=O) groups excluding carboxylic acids is 4. The molecule has 0 aliphatic carbocycles. The Morgan fingerprint density at radius 2 is 1.75 bits per heavy atom. The average molecular weight is 541 g/mol. The molecule has 0 saturated carbocycles. The summed E-state index contributed by atoms with van der Waals surface area (Å²) in [6.07, 6.45) is 5.00. The van der Waals surface area contributed by atoms with Gasteiger partial charge in [0.25, 0.3) is 11.8 Å². The molecule has 3 aromatic rings. The molecule has 0 spiro atoms. The summed E-state index contributed by atoms with van der Waals surface area (Å²) in [6, 6.07) is 20.0. The Bertz CT molecular complexity index is 1400. The van der Waals surface area contributed by atoms with Crippen molar-refractivity contribution in [2.24, 2.45) is 0 Å². The Kier molecular flexibility index (Phi) is 9.81. The van der Waals surface area contributed by atoms with E-state index in [1.807, 2.05) is 43.3 Å². The Morgan fingerprint density at radius 3 is 2.52 bits per heavy atom. The molecule has 1 saturated heterocycles. The molecule has 3 N–H and O–H groups in total. The molecular formula is C32H36N4O4. The van der Waals surface area contributed by atoms with E-state index in [0.29, 0.717) is 24.2 Å².